The Morgan fingerprint density at radius 1 is 1.21 bits per heavy atom. The zero-order valence-corrected chi connectivity index (χ0v) is 12.0. The largest absolute Gasteiger partial charge is 0.313 e. The van der Waals surface area contributed by atoms with Crippen LogP contribution >= 0.6 is 0 Å². The van der Waals surface area contributed by atoms with Crippen molar-refractivity contribution in [2.45, 2.75) is 38.8 Å². The van der Waals surface area contributed by atoms with Crippen LogP contribution in [0.3, 0.4) is 0 Å². The summed E-state index contributed by atoms with van der Waals surface area (Å²) in [5.74, 6) is 0. The van der Waals surface area contributed by atoms with E-state index in [1.807, 2.05) is 13.1 Å². The second-order valence-electron chi connectivity index (χ2n) is 5.00. The van der Waals surface area contributed by atoms with Crippen LogP contribution in [0.15, 0.2) is 42.6 Å². The van der Waals surface area contributed by atoms with Gasteiger partial charge in [-0.2, -0.15) is 5.10 Å². The molecule has 2 unspecified atom stereocenters. The van der Waals surface area contributed by atoms with Crippen molar-refractivity contribution in [3.8, 4) is 0 Å². The second-order valence-corrected chi connectivity index (χ2v) is 5.00. The number of nitrogens with one attached hydrogen (secondary N) is 1. The molecule has 1 aromatic heterocycles. The van der Waals surface area contributed by atoms with Gasteiger partial charge in [-0.3, -0.25) is 4.68 Å². The van der Waals surface area contributed by atoms with Crippen molar-refractivity contribution >= 4 is 0 Å². The number of hydrogen-bond acceptors (Lipinski definition) is 2. The van der Waals surface area contributed by atoms with E-state index in [2.05, 4.69) is 65.5 Å². The van der Waals surface area contributed by atoms with Gasteiger partial charge in [-0.05, 0) is 32.0 Å². The quantitative estimate of drug-likeness (QED) is 0.860. The molecule has 19 heavy (non-hydrogen) atoms. The first kappa shape index (κ1) is 13.8. The molecule has 0 aliphatic rings. The minimum Gasteiger partial charge on any atom is -0.313 e. The first-order valence-corrected chi connectivity index (χ1v) is 7.00. The summed E-state index contributed by atoms with van der Waals surface area (Å²) in [6.45, 7) is 4.38. The van der Waals surface area contributed by atoms with Gasteiger partial charge in [0.2, 0.25) is 0 Å². The summed E-state index contributed by atoms with van der Waals surface area (Å²) in [6, 6.07) is 13.4. The highest BCUT2D eigenvalue weighted by Crippen LogP contribution is 2.18. The number of likely N-dealkylation sites (N-methyl/N-ethyl adjacent to an activating group) is 1. The average molecular weight is 257 g/mol. The fourth-order valence-corrected chi connectivity index (χ4v) is 2.20. The standard InChI is InChI=1S/C16H23N3/c1-4-13(2)19-11-10-15(18-19)12-16(17-3)14-8-6-5-7-9-14/h5-11,13,16-17H,4,12H2,1-3H3. The average Bonchev–Trinajstić information content (AvgIpc) is 2.93. The first-order valence-electron chi connectivity index (χ1n) is 7.00. The molecule has 0 amide bonds. The van der Waals surface area contributed by atoms with Crippen molar-refractivity contribution < 1.29 is 0 Å². The molecular weight excluding hydrogens is 234 g/mol. The summed E-state index contributed by atoms with van der Waals surface area (Å²) in [4.78, 5) is 0. The SMILES string of the molecule is CCC(C)n1ccc(CC(NC)c2ccccc2)n1. The summed E-state index contributed by atoms with van der Waals surface area (Å²) in [7, 11) is 2.00. The highest BCUT2D eigenvalue weighted by molar-refractivity contribution is 5.20. The highest BCUT2D eigenvalue weighted by atomic mass is 15.3. The van der Waals surface area contributed by atoms with Crippen LogP contribution in [0.1, 0.15) is 43.6 Å². The second kappa shape index (κ2) is 6.53. The minimum atomic E-state index is 0.321. The lowest BCUT2D eigenvalue weighted by atomic mass is 10.0. The Morgan fingerprint density at radius 2 is 1.95 bits per heavy atom. The van der Waals surface area contributed by atoms with Crippen LogP contribution < -0.4 is 5.32 Å². The van der Waals surface area contributed by atoms with Gasteiger partial charge < -0.3 is 5.32 Å². The number of benzene rings is 1. The first-order chi connectivity index (χ1) is 9.24. The molecule has 0 aliphatic carbocycles. The van der Waals surface area contributed by atoms with Gasteiger partial charge in [0.05, 0.1) is 5.69 Å². The third kappa shape index (κ3) is 3.44. The van der Waals surface area contributed by atoms with E-state index < -0.39 is 0 Å². The van der Waals surface area contributed by atoms with Crippen molar-refractivity contribution in [2.24, 2.45) is 0 Å². The predicted molar refractivity (Wildman–Crippen MR) is 79.2 cm³/mol. The van der Waals surface area contributed by atoms with E-state index in [-0.39, 0.29) is 0 Å². The molecule has 1 heterocycles. The van der Waals surface area contributed by atoms with Crippen LogP contribution in [-0.4, -0.2) is 16.8 Å². The molecule has 0 aliphatic heterocycles. The van der Waals surface area contributed by atoms with Crippen LogP contribution in [0.25, 0.3) is 0 Å². The van der Waals surface area contributed by atoms with Crippen molar-refractivity contribution in [3.63, 3.8) is 0 Å². The van der Waals surface area contributed by atoms with E-state index in [0.29, 0.717) is 12.1 Å². The summed E-state index contributed by atoms with van der Waals surface area (Å²) in [5, 5.41) is 8.04. The summed E-state index contributed by atoms with van der Waals surface area (Å²) in [5.41, 5.74) is 2.45. The van der Waals surface area contributed by atoms with E-state index in [1.165, 1.54) is 5.56 Å². The maximum atomic E-state index is 4.67. The van der Waals surface area contributed by atoms with Gasteiger partial charge in [0.25, 0.3) is 0 Å². The van der Waals surface area contributed by atoms with Gasteiger partial charge in [0.15, 0.2) is 0 Å². The summed E-state index contributed by atoms with van der Waals surface area (Å²) in [6.07, 6.45) is 4.11. The molecule has 0 spiro atoms. The Labute approximate surface area is 115 Å². The van der Waals surface area contributed by atoms with Gasteiger partial charge in [0, 0.05) is 24.7 Å². The maximum absolute atomic E-state index is 4.67. The van der Waals surface area contributed by atoms with Gasteiger partial charge in [0.1, 0.15) is 0 Å². The molecule has 102 valence electrons. The molecule has 0 fully saturated rings. The molecule has 2 atom stereocenters. The fourth-order valence-electron chi connectivity index (χ4n) is 2.20. The zero-order valence-electron chi connectivity index (χ0n) is 12.0. The normalized spacial score (nSPS) is 14.3. The number of aromatic nitrogens is 2. The van der Waals surface area contributed by atoms with Crippen molar-refractivity contribution in [2.75, 3.05) is 7.05 Å². The molecule has 3 nitrogen and oxygen atoms in total. The fraction of sp³-hybridized carbons (Fsp3) is 0.438. The third-order valence-electron chi connectivity index (χ3n) is 3.67. The number of nitrogens with zero attached hydrogens (tertiary/aromatic N) is 2. The molecule has 1 N–H and O–H groups in total. The minimum absolute atomic E-state index is 0.321. The van der Waals surface area contributed by atoms with E-state index in [0.717, 1.165) is 18.5 Å². The van der Waals surface area contributed by atoms with Gasteiger partial charge in [-0.15, -0.1) is 0 Å². The molecule has 1 aromatic carbocycles. The lowest BCUT2D eigenvalue weighted by Gasteiger charge is -2.15. The number of hydrogen-bond donors (Lipinski definition) is 1. The van der Waals surface area contributed by atoms with Crippen LogP contribution in [0.4, 0.5) is 0 Å². The third-order valence-corrected chi connectivity index (χ3v) is 3.67. The van der Waals surface area contributed by atoms with Crippen LogP contribution in [0.5, 0.6) is 0 Å². The Balaban J connectivity index is 2.09. The maximum Gasteiger partial charge on any atom is 0.0643 e. The Hall–Kier alpha value is -1.61. The highest BCUT2D eigenvalue weighted by Gasteiger charge is 2.12. The summed E-state index contributed by atoms with van der Waals surface area (Å²) < 4.78 is 2.06. The molecule has 2 aromatic rings. The van der Waals surface area contributed by atoms with Gasteiger partial charge in [-0.1, -0.05) is 37.3 Å². The molecule has 3 heteroatoms. The number of rotatable bonds is 6. The molecule has 0 saturated heterocycles. The van der Waals surface area contributed by atoms with Crippen molar-refractivity contribution in [3.05, 3.63) is 53.9 Å². The van der Waals surface area contributed by atoms with Crippen LogP contribution in [0.2, 0.25) is 0 Å². The monoisotopic (exact) mass is 257 g/mol. The van der Waals surface area contributed by atoms with Crippen LogP contribution in [-0.2, 0) is 6.42 Å². The van der Waals surface area contributed by atoms with Crippen molar-refractivity contribution in [1.82, 2.24) is 15.1 Å². The van der Waals surface area contributed by atoms with Gasteiger partial charge >= 0.3 is 0 Å². The van der Waals surface area contributed by atoms with Crippen LogP contribution in [0, 0.1) is 0 Å². The Bertz CT molecular complexity index is 490. The van der Waals surface area contributed by atoms with Crippen molar-refractivity contribution in [1.29, 1.82) is 0 Å². The lowest BCUT2D eigenvalue weighted by molar-refractivity contribution is 0.469. The molecule has 0 bridgehead atoms. The zero-order chi connectivity index (χ0) is 13.7. The van der Waals surface area contributed by atoms with E-state index in [4.69, 9.17) is 0 Å². The Kier molecular flexibility index (Phi) is 4.74. The molecule has 0 radical (unpaired) electrons. The topological polar surface area (TPSA) is 29.9 Å². The van der Waals surface area contributed by atoms with E-state index in [1.54, 1.807) is 0 Å². The molecule has 0 saturated carbocycles. The van der Waals surface area contributed by atoms with Gasteiger partial charge in [-0.25, -0.2) is 0 Å². The summed E-state index contributed by atoms with van der Waals surface area (Å²) >= 11 is 0. The smallest absolute Gasteiger partial charge is 0.0643 e. The van der Waals surface area contributed by atoms with E-state index >= 15 is 0 Å². The Morgan fingerprint density at radius 3 is 2.58 bits per heavy atom. The predicted octanol–water partition coefficient (Wildman–Crippen LogP) is 3.36. The molecular formula is C16H23N3. The lowest BCUT2D eigenvalue weighted by Crippen LogP contribution is -2.19. The van der Waals surface area contributed by atoms with E-state index in [9.17, 15) is 0 Å². The molecule has 2 rings (SSSR count).